The molecule has 2 aromatic rings. The van der Waals surface area contributed by atoms with Crippen LogP contribution in [-0.4, -0.2) is 39.9 Å². The number of carbonyl (C=O) groups excluding carboxylic acids is 1. The molecule has 0 atom stereocenters. The smallest absolute Gasteiger partial charge is 0.271 e. The molecule has 1 aliphatic rings. The predicted molar refractivity (Wildman–Crippen MR) is 108 cm³/mol. The molecule has 144 valence electrons. The van der Waals surface area contributed by atoms with Crippen molar-refractivity contribution < 1.29 is 4.79 Å². The van der Waals surface area contributed by atoms with E-state index in [0.717, 1.165) is 32.5 Å². The van der Waals surface area contributed by atoms with Gasteiger partial charge in [0, 0.05) is 31.6 Å². The maximum atomic E-state index is 12.6. The average Bonchev–Trinajstić information content (AvgIpc) is 2.65. The summed E-state index contributed by atoms with van der Waals surface area (Å²) >= 11 is 6.15. The Kier molecular flexibility index (Phi) is 6.45. The highest BCUT2D eigenvalue weighted by atomic mass is 35.5. The predicted octanol–water partition coefficient (Wildman–Crippen LogP) is 3.96. The highest BCUT2D eigenvalue weighted by Crippen LogP contribution is 2.19. The van der Waals surface area contributed by atoms with Gasteiger partial charge in [-0.3, -0.25) is 9.69 Å². The molecule has 1 fully saturated rings. The van der Waals surface area contributed by atoms with Gasteiger partial charge in [0.25, 0.3) is 5.91 Å². The van der Waals surface area contributed by atoms with Crippen molar-refractivity contribution in [1.29, 1.82) is 0 Å². The Bertz CT molecular complexity index is 801. The molecule has 3 rings (SSSR count). The number of aryl methyl sites for hydroxylation is 1. The lowest BCUT2D eigenvalue weighted by atomic mass is 10.0. The normalized spacial score (nSPS) is 15.9. The van der Waals surface area contributed by atoms with Crippen molar-refractivity contribution >= 4 is 17.5 Å². The standard InChI is InChI=1S/C21H27ClN4O/c1-14(2)20-23-12-18(22)19(25-20)21(27)24-17-8-10-26(11-9-17)13-16-7-5-4-6-15(16)3/h4-7,12,14,17H,8-11,13H2,1-3H3,(H,24,27). The van der Waals surface area contributed by atoms with E-state index < -0.39 is 0 Å². The number of nitrogens with one attached hydrogen (secondary N) is 1. The van der Waals surface area contributed by atoms with Gasteiger partial charge in [-0.25, -0.2) is 9.97 Å². The fourth-order valence-electron chi connectivity index (χ4n) is 3.34. The summed E-state index contributed by atoms with van der Waals surface area (Å²) in [6.07, 6.45) is 3.37. The molecule has 0 aliphatic carbocycles. The Balaban J connectivity index is 1.55. The summed E-state index contributed by atoms with van der Waals surface area (Å²) in [5, 5.41) is 3.40. The summed E-state index contributed by atoms with van der Waals surface area (Å²) in [6.45, 7) is 9.04. The van der Waals surface area contributed by atoms with Crippen LogP contribution in [0.15, 0.2) is 30.5 Å². The second kappa shape index (κ2) is 8.81. The van der Waals surface area contributed by atoms with Crippen molar-refractivity contribution in [2.45, 2.75) is 52.1 Å². The minimum absolute atomic E-state index is 0.151. The zero-order valence-electron chi connectivity index (χ0n) is 16.2. The number of likely N-dealkylation sites (tertiary alicyclic amines) is 1. The largest absolute Gasteiger partial charge is 0.348 e. The second-order valence-electron chi connectivity index (χ2n) is 7.53. The lowest BCUT2D eigenvalue weighted by Crippen LogP contribution is -2.44. The van der Waals surface area contributed by atoms with Crippen molar-refractivity contribution in [3.05, 3.63) is 58.1 Å². The lowest BCUT2D eigenvalue weighted by molar-refractivity contribution is 0.0903. The van der Waals surface area contributed by atoms with E-state index in [0.29, 0.717) is 10.8 Å². The molecule has 0 saturated carbocycles. The maximum absolute atomic E-state index is 12.6. The van der Waals surface area contributed by atoms with Crippen LogP contribution in [0.25, 0.3) is 0 Å². The minimum atomic E-state index is -0.207. The number of aromatic nitrogens is 2. The zero-order valence-corrected chi connectivity index (χ0v) is 17.0. The number of benzene rings is 1. The lowest BCUT2D eigenvalue weighted by Gasteiger charge is -2.32. The first-order valence-electron chi connectivity index (χ1n) is 9.54. The molecule has 1 amide bonds. The molecule has 1 saturated heterocycles. The Morgan fingerprint density at radius 1 is 1.30 bits per heavy atom. The van der Waals surface area contributed by atoms with Gasteiger partial charge < -0.3 is 5.32 Å². The van der Waals surface area contributed by atoms with Crippen molar-refractivity contribution in [2.75, 3.05) is 13.1 Å². The van der Waals surface area contributed by atoms with Crippen LogP contribution in [0.2, 0.25) is 5.02 Å². The van der Waals surface area contributed by atoms with E-state index in [1.165, 1.54) is 17.3 Å². The van der Waals surface area contributed by atoms with Gasteiger partial charge in [0.15, 0.2) is 0 Å². The molecule has 0 radical (unpaired) electrons. The molecule has 27 heavy (non-hydrogen) atoms. The summed E-state index contributed by atoms with van der Waals surface area (Å²) < 4.78 is 0. The van der Waals surface area contributed by atoms with Crippen molar-refractivity contribution in [1.82, 2.24) is 20.2 Å². The van der Waals surface area contributed by atoms with Gasteiger partial charge in [-0.2, -0.15) is 0 Å². The number of nitrogens with zero attached hydrogens (tertiary/aromatic N) is 3. The van der Waals surface area contributed by atoms with Crippen LogP contribution in [0, 0.1) is 6.92 Å². The summed E-state index contributed by atoms with van der Waals surface area (Å²) in [6, 6.07) is 8.65. The minimum Gasteiger partial charge on any atom is -0.348 e. The van der Waals surface area contributed by atoms with Gasteiger partial charge in [0.1, 0.15) is 11.5 Å². The molecule has 6 heteroatoms. The van der Waals surface area contributed by atoms with Crippen molar-refractivity contribution in [3.8, 4) is 0 Å². The molecular formula is C21H27ClN4O. The molecule has 0 bridgehead atoms. The van der Waals surface area contributed by atoms with Crippen LogP contribution in [0.1, 0.15) is 60.0 Å². The molecule has 0 unspecified atom stereocenters. The van der Waals surface area contributed by atoms with E-state index in [-0.39, 0.29) is 23.6 Å². The van der Waals surface area contributed by atoms with E-state index in [2.05, 4.69) is 51.4 Å². The number of hydrogen-bond donors (Lipinski definition) is 1. The molecule has 0 spiro atoms. The van der Waals surface area contributed by atoms with Crippen molar-refractivity contribution in [2.24, 2.45) is 0 Å². The van der Waals surface area contributed by atoms with Crippen LogP contribution in [0.5, 0.6) is 0 Å². The molecule has 1 N–H and O–H groups in total. The van der Waals surface area contributed by atoms with E-state index in [9.17, 15) is 4.79 Å². The summed E-state index contributed by atoms with van der Waals surface area (Å²) in [4.78, 5) is 23.6. The van der Waals surface area contributed by atoms with Gasteiger partial charge >= 0.3 is 0 Å². The van der Waals surface area contributed by atoms with Gasteiger partial charge in [0.05, 0.1) is 11.2 Å². The third-order valence-electron chi connectivity index (χ3n) is 5.07. The molecule has 2 heterocycles. The van der Waals surface area contributed by atoms with E-state index in [4.69, 9.17) is 11.6 Å². The van der Waals surface area contributed by atoms with E-state index >= 15 is 0 Å². The third kappa shape index (κ3) is 5.05. The number of carbonyl (C=O) groups is 1. The Labute approximate surface area is 166 Å². The number of hydrogen-bond acceptors (Lipinski definition) is 4. The van der Waals surface area contributed by atoms with Crippen LogP contribution in [-0.2, 0) is 6.54 Å². The van der Waals surface area contributed by atoms with Crippen LogP contribution in [0.4, 0.5) is 0 Å². The third-order valence-corrected chi connectivity index (χ3v) is 5.35. The fraction of sp³-hybridized carbons (Fsp3) is 0.476. The molecule has 1 aromatic heterocycles. The number of piperidine rings is 1. The van der Waals surface area contributed by atoms with E-state index in [1.807, 2.05) is 13.8 Å². The Hall–Kier alpha value is -1.98. The number of halogens is 1. The van der Waals surface area contributed by atoms with Crippen LogP contribution >= 0.6 is 11.6 Å². The summed E-state index contributed by atoms with van der Waals surface area (Å²) in [7, 11) is 0. The van der Waals surface area contributed by atoms with Crippen LogP contribution < -0.4 is 5.32 Å². The number of rotatable bonds is 5. The van der Waals surface area contributed by atoms with Gasteiger partial charge in [0.2, 0.25) is 0 Å². The Morgan fingerprint density at radius 3 is 2.67 bits per heavy atom. The first-order valence-corrected chi connectivity index (χ1v) is 9.92. The first kappa shape index (κ1) is 19.8. The van der Waals surface area contributed by atoms with Gasteiger partial charge in [-0.05, 0) is 30.9 Å². The average molecular weight is 387 g/mol. The highest BCUT2D eigenvalue weighted by molar-refractivity contribution is 6.33. The van der Waals surface area contributed by atoms with E-state index in [1.54, 1.807) is 0 Å². The van der Waals surface area contributed by atoms with Crippen molar-refractivity contribution in [3.63, 3.8) is 0 Å². The summed E-state index contributed by atoms with van der Waals surface area (Å²) in [5.74, 6) is 0.581. The van der Waals surface area contributed by atoms with Gasteiger partial charge in [-0.15, -0.1) is 0 Å². The maximum Gasteiger partial charge on any atom is 0.271 e. The molecule has 1 aromatic carbocycles. The highest BCUT2D eigenvalue weighted by Gasteiger charge is 2.23. The molecule has 5 nitrogen and oxygen atoms in total. The Morgan fingerprint density at radius 2 is 2.00 bits per heavy atom. The number of amides is 1. The molecular weight excluding hydrogens is 360 g/mol. The summed E-state index contributed by atoms with van der Waals surface area (Å²) in [5.41, 5.74) is 2.97. The first-order chi connectivity index (χ1) is 12.9. The zero-order chi connectivity index (χ0) is 19.4. The van der Waals surface area contributed by atoms with Crippen LogP contribution in [0.3, 0.4) is 0 Å². The molecule has 1 aliphatic heterocycles. The van der Waals surface area contributed by atoms with Gasteiger partial charge in [-0.1, -0.05) is 49.7 Å². The SMILES string of the molecule is Cc1ccccc1CN1CCC(NC(=O)c2nc(C(C)C)ncc2Cl)CC1. The monoisotopic (exact) mass is 386 g/mol. The second-order valence-corrected chi connectivity index (χ2v) is 7.94. The topological polar surface area (TPSA) is 58.1 Å². The fourth-order valence-corrected chi connectivity index (χ4v) is 3.51. The quantitative estimate of drug-likeness (QED) is 0.845.